The molecule has 226 valence electrons. The van der Waals surface area contributed by atoms with E-state index in [-0.39, 0.29) is 17.9 Å². The normalized spacial score (nSPS) is 26.8. The number of nitrogens with zero attached hydrogens (tertiary/aromatic N) is 3. The summed E-state index contributed by atoms with van der Waals surface area (Å²) in [7, 11) is 1.73. The second-order valence-corrected chi connectivity index (χ2v) is 12.1. The number of hydrazine groups is 1. The monoisotopic (exact) mass is 577 g/mol. The van der Waals surface area contributed by atoms with Crippen LogP contribution in [0.4, 0.5) is 0 Å². The average Bonchev–Trinajstić information content (AvgIpc) is 2.98. The predicted molar refractivity (Wildman–Crippen MR) is 161 cm³/mol. The zero-order chi connectivity index (χ0) is 30.8. The van der Waals surface area contributed by atoms with Gasteiger partial charge in [0.1, 0.15) is 12.1 Å². The van der Waals surface area contributed by atoms with Crippen molar-refractivity contribution in [3.8, 4) is 0 Å². The van der Waals surface area contributed by atoms with Crippen molar-refractivity contribution in [3.05, 3.63) is 60.0 Å². The Labute approximate surface area is 247 Å². The first-order chi connectivity index (χ1) is 19.8. The molecular formula is C32H43N5O5. The molecule has 0 saturated carbocycles. The number of carbonyl (C=O) groups excluding carboxylic acids is 3. The third-order valence-corrected chi connectivity index (χ3v) is 8.19. The van der Waals surface area contributed by atoms with E-state index in [1.165, 1.54) is 5.01 Å². The third kappa shape index (κ3) is 6.65. The van der Waals surface area contributed by atoms with Crippen molar-refractivity contribution >= 4 is 34.7 Å². The molecule has 4 rings (SSSR count). The van der Waals surface area contributed by atoms with Crippen LogP contribution in [0.3, 0.4) is 0 Å². The fourth-order valence-electron chi connectivity index (χ4n) is 5.07. The maximum Gasteiger partial charge on any atom is 0.262 e. The van der Waals surface area contributed by atoms with Crippen LogP contribution in [0, 0.1) is 11.3 Å². The second-order valence-electron chi connectivity index (χ2n) is 12.1. The van der Waals surface area contributed by atoms with Gasteiger partial charge < -0.3 is 20.1 Å². The number of hydrogen-bond acceptors (Lipinski definition) is 7. The number of amides is 3. The van der Waals surface area contributed by atoms with Crippen LogP contribution in [-0.4, -0.2) is 76.1 Å². The zero-order valence-corrected chi connectivity index (χ0v) is 25.4. The fourth-order valence-corrected chi connectivity index (χ4v) is 5.07. The molecule has 42 heavy (non-hydrogen) atoms. The van der Waals surface area contributed by atoms with Gasteiger partial charge >= 0.3 is 0 Å². The number of aliphatic hydroxyl groups excluding tert-OH is 1. The van der Waals surface area contributed by atoms with Crippen molar-refractivity contribution < 1.29 is 24.2 Å². The second kappa shape index (κ2) is 12.6. The van der Waals surface area contributed by atoms with Gasteiger partial charge in [-0.05, 0) is 57.2 Å². The molecule has 2 aliphatic heterocycles. The Balaban J connectivity index is 1.75. The number of likely N-dealkylation sites (N-methyl/N-ethyl adjacent to an activating group) is 1. The average molecular weight is 578 g/mol. The Hall–Kier alpha value is -3.76. The van der Waals surface area contributed by atoms with Gasteiger partial charge in [0.25, 0.3) is 11.8 Å². The van der Waals surface area contributed by atoms with E-state index in [1.807, 2.05) is 77.1 Å². The standard InChI is InChI=1S/C32H43N5O5/c1-19(2)28-29(39)34-27(18-38)31(41)37-16-8-9-25(35-37)30(40)36(7)20(3)24-13-12-23-11-10-22(17-26(23)33-24)14-15-32(5,6)21(4)42-28/h10-15,17,19-20,25,27-28,35,38H,4,8-9,16,18H2,1-3,5-7H3,(H,34,39)/b15-14+/t20-,25+,27+,28+/m1/s1. The molecule has 0 unspecified atom stereocenters. The number of pyridine rings is 1. The predicted octanol–water partition coefficient (Wildman–Crippen LogP) is 3.33. The molecule has 0 spiro atoms. The van der Waals surface area contributed by atoms with Crippen molar-refractivity contribution in [2.45, 2.75) is 71.7 Å². The number of allylic oxidation sites excluding steroid dienone is 1. The summed E-state index contributed by atoms with van der Waals surface area (Å²) in [5.41, 5.74) is 4.89. The Kier molecular flexibility index (Phi) is 9.37. The van der Waals surface area contributed by atoms with Gasteiger partial charge in [0.15, 0.2) is 6.10 Å². The van der Waals surface area contributed by atoms with Crippen molar-refractivity contribution in [2.75, 3.05) is 20.2 Å². The number of aliphatic hydroxyl groups is 1. The van der Waals surface area contributed by atoms with E-state index in [0.29, 0.717) is 25.1 Å². The van der Waals surface area contributed by atoms with E-state index < -0.39 is 42.0 Å². The van der Waals surface area contributed by atoms with Crippen molar-refractivity contribution in [1.29, 1.82) is 0 Å². The van der Waals surface area contributed by atoms with Crippen molar-refractivity contribution in [3.63, 3.8) is 0 Å². The zero-order valence-electron chi connectivity index (χ0n) is 25.4. The first kappa shape index (κ1) is 31.2. The van der Waals surface area contributed by atoms with Crippen molar-refractivity contribution in [2.24, 2.45) is 11.3 Å². The number of nitrogens with one attached hydrogen (secondary N) is 2. The summed E-state index contributed by atoms with van der Waals surface area (Å²) < 4.78 is 6.12. The van der Waals surface area contributed by atoms with Crippen LogP contribution in [0.1, 0.15) is 64.8 Å². The summed E-state index contributed by atoms with van der Waals surface area (Å²) in [6.45, 7) is 13.4. The van der Waals surface area contributed by atoms with Gasteiger partial charge in [-0.2, -0.15) is 0 Å². The molecule has 1 aromatic heterocycles. The number of ether oxygens (including phenoxy) is 1. The molecule has 10 nitrogen and oxygen atoms in total. The van der Waals surface area contributed by atoms with Crippen LogP contribution in [0.5, 0.6) is 0 Å². The highest BCUT2D eigenvalue weighted by Gasteiger charge is 2.36. The largest absolute Gasteiger partial charge is 0.484 e. The van der Waals surface area contributed by atoms with E-state index in [1.54, 1.807) is 11.9 Å². The quantitative estimate of drug-likeness (QED) is 0.500. The van der Waals surface area contributed by atoms with Gasteiger partial charge in [0, 0.05) is 24.4 Å². The van der Waals surface area contributed by atoms with E-state index in [2.05, 4.69) is 17.3 Å². The Morgan fingerprint density at radius 2 is 1.88 bits per heavy atom. The summed E-state index contributed by atoms with van der Waals surface area (Å²) in [5, 5.41) is 15.0. The molecule has 4 atom stereocenters. The number of benzene rings is 1. The molecule has 0 aliphatic carbocycles. The molecule has 2 aromatic rings. The van der Waals surface area contributed by atoms with Gasteiger partial charge in [-0.1, -0.05) is 50.8 Å². The smallest absolute Gasteiger partial charge is 0.262 e. The highest BCUT2D eigenvalue weighted by Crippen LogP contribution is 2.31. The molecule has 1 fully saturated rings. The summed E-state index contributed by atoms with van der Waals surface area (Å²) in [4.78, 5) is 46.8. The van der Waals surface area contributed by atoms with Crippen LogP contribution in [-0.2, 0) is 19.1 Å². The number of aromatic nitrogens is 1. The minimum atomic E-state index is -1.21. The van der Waals surface area contributed by atoms with Gasteiger partial charge in [-0.25, -0.2) is 5.43 Å². The highest BCUT2D eigenvalue weighted by molar-refractivity contribution is 5.90. The van der Waals surface area contributed by atoms with Gasteiger partial charge in [0.05, 0.1) is 29.6 Å². The lowest BCUT2D eigenvalue weighted by molar-refractivity contribution is -0.148. The first-order valence-corrected chi connectivity index (χ1v) is 14.5. The molecule has 1 saturated heterocycles. The van der Waals surface area contributed by atoms with E-state index in [9.17, 15) is 19.5 Å². The van der Waals surface area contributed by atoms with Gasteiger partial charge in [-0.15, -0.1) is 0 Å². The minimum absolute atomic E-state index is 0.178. The lowest BCUT2D eigenvalue weighted by atomic mass is 9.89. The number of carbonyl (C=O) groups is 3. The third-order valence-electron chi connectivity index (χ3n) is 8.19. The lowest BCUT2D eigenvalue weighted by Gasteiger charge is -2.37. The van der Waals surface area contributed by atoms with Crippen LogP contribution in [0.2, 0.25) is 0 Å². The summed E-state index contributed by atoms with van der Waals surface area (Å²) in [5.74, 6) is -1.09. The summed E-state index contributed by atoms with van der Waals surface area (Å²) in [6, 6.07) is 7.76. The van der Waals surface area contributed by atoms with Crippen LogP contribution in [0.15, 0.2) is 48.7 Å². The molecule has 0 radical (unpaired) electrons. The summed E-state index contributed by atoms with van der Waals surface area (Å²) >= 11 is 0. The van der Waals surface area contributed by atoms with Crippen LogP contribution >= 0.6 is 0 Å². The van der Waals surface area contributed by atoms with Crippen LogP contribution < -0.4 is 10.7 Å². The highest BCUT2D eigenvalue weighted by atomic mass is 16.5. The Bertz CT molecular complexity index is 1390. The molecule has 3 N–H and O–H groups in total. The molecule has 2 aliphatic rings. The maximum absolute atomic E-state index is 13.5. The van der Waals surface area contributed by atoms with Gasteiger partial charge in [-0.3, -0.25) is 24.4 Å². The molecule has 10 heteroatoms. The number of hydrogen-bond donors (Lipinski definition) is 3. The maximum atomic E-state index is 13.5. The molecule has 3 heterocycles. The topological polar surface area (TPSA) is 124 Å². The minimum Gasteiger partial charge on any atom is -0.484 e. The Morgan fingerprint density at radius 1 is 1.17 bits per heavy atom. The molecule has 5 bridgehead atoms. The fraction of sp³-hybridized carbons (Fsp3) is 0.500. The van der Waals surface area contributed by atoms with E-state index >= 15 is 0 Å². The Morgan fingerprint density at radius 3 is 2.57 bits per heavy atom. The lowest BCUT2D eigenvalue weighted by Crippen LogP contribution is -2.62. The first-order valence-electron chi connectivity index (χ1n) is 14.5. The SMILES string of the molecule is C=C1O[C@@H](C(C)C)C(=O)N[C@@H](CO)C(=O)N2CCC[C@H](N2)C(=O)N(C)[C@H](C)c2ccc3ccc(cc3n2)/C=C/C1(C)C. The van der Waals surface area contributed by atoms with Gasteiger partial charge in [0.2, 0.25) is 5.91 Å². The van der Waals surface area contributed by atoms with E-state index in [0.717, 1.165) is 22.2 Å². The van der Waals surface area contributed by atoms with Crippen LogP contribution in [0.25, 0.3) is 17.0 Å². The molecular weight excluding hydrogens is 534 g/mol. The van der Waals surface area contributed by atoms with E-state index in [4.69, 9.17) is 9.72 Å². The number of rotatable bonds is 2. The number of fused-ring (bicyclic) bond motifs is 4. The molecule has 3 amide bonds. The molecule has 1 aromatic carbocycles. The summed E-state index contributed by atoms with van der Waals surface area (Å²) in [6.07, 6.45) is 4.11. The van der Waals surface area contributed by atoms with Crippen molar-refractivity contribution in [1.82, 2.24) is 25.6 Å².